The molecular formula is C14H20FN3O2. The smallest absolute Gasteiger partial charge is 0.315 e. The standard InChI is InChI=1S/C14H20FN3O2/c15-11-1-2-12(10(6-11)7-16)13-5-9(8-19)3-4-18(13)14(17)20/h1-2,6,9,13,19H,3-5,7-8,16H2,(H2,17,20). The number of hydrogen-bond acceptors (Lipinski definition) is 3. The van der Waals surface area contributed by atoms with Crippen LogP contribution >= 0.6 is 0 Å². The Morgan fingerprint density at radius 3 is 2.85 bits per heavy atom. The summed E-state index contributed by atoms with van der Waals surface area (Å²) < 4.78 is 13.3. The van der Waals surface area contributed by atoms with Gasteiger partial charge in [0.2, 0.25) is 0 Å². The molecule has 1 fully saturated rings. The SMILES string of the molecule is NCc1cc(F)ccc1C1CC(CO)CCN1C(N)=O. The normalized spacial score (nSPS) is 22.9. The number of urea groups is 1. The van der Waals surface area contributed by atoms with E-state index in [1.807, 2.05) is 0 Å². The number of halogens is 1. The van der Waals surface area contributed by atoms with Gasteiger partial charge in [0.05, 0.1) is 6.04 Å². The predicted octanol–water partition coefficient (Wildman–Crippen LogP) is 1.11. The molecule has 0 radical (unpaired) electrons. The monoisotopic (exact) mass is 281 g/mol. The summed E-state index contributed by atoms with van der Waals surface area (Å²) in [6.45, 7) is 0.759. The van der Waals surface area contributed by atoms with Crippen LogP contribution < -0.4 is 11.5 Å². The van der Waals surface area contributed by atoms with Crippen molar-refractivity contribution in [2.75, 3.05) is 13.2 Å². The molecule has 0 aromatic heterocycles. The molecule has 2 amide bonds. The van der Waals surface area contributed by atoms with Gasteiger partial charge in [-0.1, -0.05) is 6.07 Å². The van der Waals surface area contributed by atoms with E-state index in [9.17, 15) is 14.3 Å². The summed E-state index contributed by atoms with van der Waals surface area (Å²) in [6.07, 6.45) is 1.33. The van der Waals surface area contributed by atoms with Gasteiger partial charge in [-0.05, 0) is 42.0 Å². The summed E-state index contributed by atoms with van der Waals surface area (Å²) in [7, 11) is 0. The van der Waals surface area contributed by atoms with Gasteiger partial charge in [-0.2, -0.15) is 0 Å². The highest BCUT2D eigenvalue weighted by molar-refractivity contribution is 5.72. The lowest BCUT2D eigenvalue weighted by molar-refractivity contribution is 0.102. The highest BCUT2D eigenvalue weighted by Crippen LogP contribution is 2.35. The lowest BCUT2D eigenvalue weighted by atomic mass is 9.86. The molecule has 20 heavy (non-hydrogen) atoms. The highest BCUT2D eigenvalue weighted by atomic mass is 19.1. The van der Waals surface area contributed by atoms with E-state index in [0.29, 0.717) is 18.5 Å². The van der Waals surface area contributed by atoms with Gasteiger partial charge in [0.25, 0.3) is 0 Å². The Kier molecular flexibility index (Phi) is 4.57. The summed E-state index contributed by atoms with van der Waals surface area (Å²) in [6, 6.07) is 3.64. The molecule has 1 aliphatic rings. The maximum atomic E-state index is 13.3. The molecule has 1 saturated heterocycles. The molecule has 1 aromatic rings. The van der Waals surface area contributed by atoms with Crippen molar-refractivity contribution in [3.63, 3.8) is 0 Å². The summed E-state index contributed by atoms with van der Waals surface area (Å²) in [5.74, 6) is -0.236. The zero-order chi connectivity index (χ0) is 14.7. The Morgan fingerprint density at radius 2 is 2.25 bits per heavy atom. The van der Waals surface area contributed by atoms with Crippen LogP contribution in [0.2, 0.25) is 0 Å². The fourth-order valence-corrected chi connectivity index (χ4v) is 2.84. The lowest BCUT2D eigenvalue weighted by Crippen LogP contribution is -2.44. The minimum absolute atomic E-state index is 0.0717. The number of carbonyl (C=O) groups excluding carboxylic acids is 1. The quantitative estimate of drug-likeness (QED) is 0.774. The van der Waals surface area contributed by atoms with Crippen molar-refractivity contribution >= 4 is 6.03 Å². The zero-order valence-corrected chi connectivity index (χ0v) is 11.3. The van der Waals surface area contributed by atoms with Gasteiger partial charge in [0, 0.05) is 19.7 Å². The first-order valence-electron chi connectivity index (χ1n) is 6.72. The van der Waals surface area contributed by atoms with Crippen LogP contribution in [0.1, 0.15) is 30.0 Å². The van der Waals surface area contributed by atoms with Crippen LogP contribution in [0, 0.1) is 11.7 Å². The van der Waals surface area contributed by atoms with E-state index in [0.717, 1.165) is 12.0 Å². The molecule has 0 bridgehead atoms. The van der Waals surface area contributed by atoms with Crippen molar-refractivity contribution in [1.29, 1.82) is 0 Å². The first-order valence-corrected chi connectivity index (χ1v) is 6.72. The third-order valence-corrected chi connectivity index (χ3v) is 3.94. The highest BCUT2D eigenvalue weighted by Gasteiger charge is 2.32. The third-order valence-electron chi connectivity index (χ3n) is 3.94. The molecule has 0 aliphatic carbocycles. The van der Waals surface area contributed by atoms with Crippen LogP contribution in [0.3, 0.4) is 0 Å². The maximum Gasteiger partial charge on any atom is 0.315 e. The molecule has 5 N–H and O–H groups in total. The Bertz CT molecular complexity index is 495. The van der Waals surface area contributed by atoms with Crippen molar-refractivity contribution < 1.29 is 14.3 Å². The zero-order valence-electron chi connectivity index (χ0n) is 11.3. The number of carbonyl (C=O) groups is 1. The molecule has 1 aromatic carbocycles. The van der Waals surface area contributed by atoms with Gasteiger partial charge < -0.3 is 21.5 Å². The molecule has 1 aliphatic heterocycles. The molecule has 0 saturated carbocycles. The molecule has 2 rings (SSSR count). The van der Waals surface area contributed by atoms with Crippen LogP contribution in [0.5, 0.6) is 0 Å². The van der Waals surface area contributed by atoms with Crippen LogP contribution in [-0.4, -0.2) is 29.2 Å². The van der Waals surface area contributed by atoms with Crippen LogP contribution in [0.4, 0.5) is 9.18 Å². The summed E-state index contributed by atoms with van der Waals surface area (Å²) in [4.78, 5) is 13.1. The van der Waals surface area contributed by atoms with E-state index >= 15 is 0 Å². The first kappa shape index (κ1) is 14.7. The van der Waals surface area contributed by atoms with E-state index in [2.05, 4.69) is 0 Å². The van der Waals surface area contributed by atoms with Crippen molar-refractivity contribution in [2.24, 2.45) is 17.4 Å². The minimum atomic E-state index is -0.501. The van der Waals surface area contributed by atoms with Crippen molar-refractivity contribution in [3.05, 3.63) is 35.1 Å². The second-order valence-corrected chi connectivity index (χ2v) is 5.17. The average molecular weight is 281 g/mol. The molecule has 110 valence electrons. The number of likely N-dealkylation sites (tertiary alicyclic amines) is 1. The number of rotatable bonds is 3. The molecule has 0 spiro atoms. The number of benzene rings is 1. The fraction of sp³-hybridized carbons (Fsp3) is 0.500. The van der Waals surface area contributed by atoms with Crippen molar-refractivity contribution in [3.8, 4) is 0 Å². The van der Waals surface area contributed by atoms with Gasteiger partial charge in [-0.3, -0.25) is 0 Å². The van der Waals surface area contributed by atoms with Crippen LogP contribution in [-0.2, 0) is 6.54 Å². The van der Waals surface area contributed by atoms with E-state index < -0.39 is 6.03 Å². The number of hydrogen-bond donors (Lipinski definition) is 3. The summed E-state index contributed by atoms with van der Waals surface area (Å²) in [5, 5.41) is 9.33. The maximum absolute atomic E-state index is 13.3. The summed E-state index contributed by atoms with van der Waals surface area (Å²) in [5.41, 5.74) is 12.6. The largest absolute Gasteiger partial charge is 0.396 e. The minimum Gasteiger partial charge on any atom is -0.396 e. The Balaban J connectivity index is 2.37. The Labute approximate surface area is 117 Å². The summed E-state index contributed by atoms with van der Waals surface area (Å²) >= 11 is 0. The molecule has 6 heteroatoms. The van der Waals surface area contributed by atoms with Gasteiger partial charge in [0.15, 0.2) is 0 Å². The predicted molar refractivity (Wildman–Crippen MR) is 73.1 cm³/mol. The third kappa shape index (κ3) is 2.91. The topological polar surface area (TPSA) is 92.6 Å². The van der Waals surface area contributed by atoms with Crippen molar-refractivity contribution in [2.45, 2.75) is 25.4 Å². The van der Waals surface area contributed by atoms with Crippen molar-refractivity contribution in [1.82, 2.24) is 4.90 Å². The number of piperidine rings is 1. The van der Waals surface area contributed by atoms with Crippen LogP contribution in [0.15, 0.2) is 18.2 Å². The fourth-order valence-electron chi connectivity index (χ4n) is 2.84. The second-order valence-electron chi connectivity index (χ2n) is 5.17. The molecular weight excluding hydrogens is 261 g/mol. The number of aliphatic hydroxyl groups excluding tert-OH is 1. The Hall–Kier alpha value is -1.66. The van der Waals surface area contributed by atoms with Gasteiger partial charge in [-0.25, -0.2) is 9.18 Å². The Morgan fingerprint density at radius 1 is 1.50 bits per heavy atom. The molecule has 2 unspecified atom stereocenters. The number of nitrogens with two attached hydrogens (primary N) is 2. The number of amides is 2. The van der Waals surface area contributed by atoms with Crippen LogP contribution in [0.25, 0.3) is 0 Å². The van der Waals surface area contributed by atoms with E-state index in [-0.39, 0.29) is 30.9 Å². The molecule has 1 heterocycles. The molecule has 5 nitrogen and oxygen atoms in total. The molecule has 2 atom stereocenters. The number of aliphatic hydroxyl groups is 1. The van der Waals surface area contributed by atoms with Gasteiger partial charge in [0.1, 0.15) is 5.82 Å². The lowest BCUT2D eigenvalue weighted by Gasteiger charge is -2.39. The number of primary amides is 1. The van der Waals surface area contributed by atoms with Gasteiger partial charge in [-0.15, -0.1) is 0 Å². The first-order chi connectivity index (χ1) is 9.56. The van der Waals surface area contributed by atoms with Gasteiger partial charge >= 0.3 is 6.03 Å². The average Bonchev–Trinajstić information content (AvgIpc) is 2.46. The van der Waals surface area contributed by atoms with E-state index in [1.54, 1.807) is 11.0 Å². The van der Waals surface area contributed by atoms with E-state index in [4.69, 9.17) is 11.5 Å². The second kappa shape index (κ2) is 6.19. The number of nitrogens with zero attached hydrogens (tertiary/aromatic N) is 1. The van der Waals surface area contributed by atoms with E-state index in [1.165, 1.54) is 12.1 Å².